The first-order chi connectivity index (χ1) is 9.61. The molecule has 0 heterocycles. The average Bonchev–Trinajstić information content (AvgIpc) is 2.48. The fourth-order valence-electron chi connectivity index (χ4n) is 2.79. The lowest BCUT2D eigenvalue weighted by atomic mass is 9.84. The highest BCUT2D eigenvalue weighted by Gasteiger charge is 2.24. The van der Waals surface area contributed by atoms with Crippen LogP contribution >= 0.6 is 15.9 Å². The minimum absolute atomic E-state index is 0.00614. The summed E-state index contributed by atoms with van der Waals surface area (Å²) >= 11 is 3.09. The van der Waals surface area contributed by atoms with Gasteiger partial charge in [0.05, 0.1) is 4.47 Å². The molecule has 1 fully saturated rings. The second kappa shape index (κ2) is 7.18. The summed E-state index contributed by atoms with van der Waals surface area (Å²) in [6.45, 7) is 0.443. The molecule has 0 spiro atoms. The van der Waals surface area contributed by atoms with E-state index >= 15 is 0 Å². The molecule has 2 rings (SSSR count). The average molecular weight is 343 g/mol. The lowest BCUT2D eigenvalue weighted by Gasteiger charge is -2.30. The van der Waals surface area contributed by atoms with Gasteiger partial charge in [-0.05, 0) is 52.9 Å². The van der Waals surface area contributed by atoms with Crippen LogP contribution in [0.3, 0.4) is 0 Å². The zero-order chi connectivity index (χ0) is 14.5. The molecule has 0 aromatic heterocycles. The summed E-state index contributed by atoms with van der Waals surface area (Å²) in [4.78, 5) is 12.2. The molecule has 0 aliphatic heterocycles. The van der Waals surface area contributed by atoms with Crippen molar-refractivity contribution < 1.29 is 9.18 Å². The summed E-state index contributed by atoms with van der Waals surface area (Å²) in [7, 11) is 0. The van der Waals surface area contributed by atoms with Gasteiger partial charge in [-0.3, -0.25) is 4.79 Å². The zero-order valence-electron chi connectivity index (χ0n) is 11.4. The lowest BCUT2D eigenvalue weighted by Crippen LogP contribution is -2.45. The third kappa shape index (κ3) is 3.79. The topological polar surface area (TPSA) is 55.1 Å². The number of hydrogen-bond donors (Lipinski definition) is 2. The van der Waals surface area contributed by atoms with Crippen LogP contribution in [0.1, 0.15) is 42.5 Å². The maximum atomic E-state index is 13.2. The van der Waals surface area contributed by atoms with Gasteiger partial charge in [-0.15, -0.1) is 0 Å². The number of carbonyl (C=O) groups excluding carboxylic acids is 1. The number of amides is 1. The monoisotopic (exact) mass is 342 g/mol. The Morgan fingerprint density at radius 3 is 2.70 bits per heavy atom. The Morgan fingerprint density at radius 1 is 1.40 bits per heavy atom. The molecular formula is C15H20BrFN2O. The van der Waals surface area contributed by atoms with Crippen LogP contribution in [0.2, 0.25) is 0 Å². The third-order valence-corrected chi connectivity index (χ3v) is 4.58. The Bertz CT molecular complexity index is 475. The number of nitrogens with one attached hydrogen (secondary N) is 1. The van der Waals surface area contributed by atoms with Crippen LogP contribution in [0.5, 0.6) is 0 Å². The van der Waals surface area contributed by atoms with E-state index in [4.69, 9.17) is 5.73 Å². The van der Waals surface area contributed by atoms with Crippen molar-refractivity contribution >= 4 is 21.8 Å². The number of hydrogen-bond acceptors (Lipinski definition) is 2. The van der Waals surface area contributed by atoms with Crippen molar-refractivity contribution in [3.05, 3.63) is 34.1 Å². The second-order valence-electron chi connectivity index (χ2n) is 5.34. The van der Waals surface area contributed by atoms with Gasteiger partial charge in [0.15, 0.2) is 0 Å². The molecule has 0 bridgehead atoms. The first kappa shape index (κ1) is 15.4. The first-order valence-electron chi connectivity index (χ1n) is 7.08. The van der Waals surface area contributed by atoms with Gasteiger partial charge in [-0.2, -0.15) is 0 Å². The highest BCUT2D eigenvalue weighted by molar-refractivity contribution is 9.10. The summed E-state index contributed by atoms with van der Waals surface area (Å²) in [5.74, 6) is -0.0995. The molecule has 110 valence electrons. The standard InChI is InChI=1S/C15H20BrFN2O/c16-12-8-11(6-7-13(12)17)15(20)19-14(9-18)10-4-2-1-3-5-10/h6-8,10,14H,1-5,9,18H2,(H,19,20). The van der Waals surface area contributed by atoms with Gasteiger partial charge in [0.2, 0.25) is 0 Å². The molecule has 3 N–H and O–H groups in total. The summed E-state index contributed by atoms with van der Waals surface area (Å²) in [5, 5.41) is 2.99. The SMILES string of the molecule is NCC(NC(=O)c1ccc(F)c(Br)c1)C1CCCCC1. The van der Waals surface area contributed by atoms with Crippen LogP contribution in [0, 0.1) is 11.7 Å². The van der Waals surface area contributed by atoms with Crippen molar-refractivity contribution in [2.45, 2.75) is 38.1 Å². The highest BCUT2D eigenvalue weighted by atomic mass is 79.9. The summed E-state index contributed by atoms with van der Waals surface area (Å²) in [6, 6.07) is 4.28. The highest BCUT2D eigenvalue weighted by Crippen LogP contribution is 2.26. The fraction of sp³-hybridized carbons (Fsp3) is 0.533. The van der Waals surface area contributed by atoms with Crippen molar-refractivity contribution in [3.8, 4) is 0 Å². The zero-order valence-corrected chi connectivity index (χ0v) is 13.0. The molecule has 20 heavy (non-hydrogen) atoms. The van der Waals surface area contributed by atoms with Gasteiger partial charge < -0.3 is 11.1 Å². The number of benzene rings is 1. The van der Waals surface area contributed by atoms with Crippen LogP contribution in [0.15, 0.2) is 22.7 Å². The molecule has 3 nitrogen and oxygen atoms in total. The number of carbonyl (C=O) groups is 1. The predicted octanol–water partition coefficient (Wildman–Crippen LogP) is 3.23. The van der Waals surface area contributed by atoms with E-state index in [9.17, 15) is 9.18 Å². The second-order valence-corrected chi connectivity index (χ2v) is 6.20. The molecule has 1 atom stereocenters. The summed E-state index contributed by atoms with van der Waals surface area (Å²) < 4.78 is 13.5. The molecule has 1 aromatic carbocycles. The van der Waals surface area contributed by atoms with E-state index in [0.29, 0.717) is 22.5 Å². The normalized spacial score (nSPS) is 17.8. The maximum Gasteiger partial charge on any atom is 0.251 e. The van der Waals surface area contributed by atoms with E-state index in [2.05, 4.69) is 21.2 Å². The van der Waals surface area contributed by atoms with Crippen LogP contribution in [0.25, 0.3) is 0 Å². The van der Waals surface area contributed by atoms with Crippen molar-refractivity contribution in [1.82, 2.24) is 5.32 Å². The molecule has 5 heteroatoms. The lowest BCUT2D eigenvalue weighted by molar-refractivity contribution is 0.0915. The van der Waals surface area contributed by atoms with Crippen molar-refractivity contribution in [2.24, 2.45) is 11.7 Å². The molecule has 1 unspecified atom stereocenters. The minimum Gasteiger partial charge on any atom is -0.348 e. The van der Waals surface area contributed by atoms with E-state index in [1.165, 1.54) is 37.5 Å². The maximum absolute atomic E-state index is 13.2. The van der Waals surface area contributed by atoms with E-state index in [1.807, 2.05) is 0 Å². The van der Waals surface area contributed by atoms with Gasteiger partial charge in [0, 0.05) is 18.2 Å². The Morgan fingerprint density at radius 2 is 2.10 bits per heavy atom. The third-order valence-electron chi connectivity index (χ3n) is 3.97. The van der Waals surface area contributed by atoms with Gasteiger partial charge >= 0.3 is 0 Å². The minimum atomic E-state index is -0.371. The van der Waals surface area contributed by atoms with Crippen LogP contribution in [-0.4, -0.2) is 18.5 Å². The van der Waals surface area contributed by atoms with Crippen LogP contribution in [-0.2, 0) is 0 Å². The molecule has 1 aromatic rings. The predicted molar refractivity (Wildman–Crippen MR) is 81.0 cm³/mol. The smallest absolute Gasteiger partial charge is 0.251 e. The molecule has 1 amide bonds. The molecule has 1 aliphatic rings. The number of rotatable bonds is 4. The molecular weight excluding hydrogens is 323 g/mol. The Hall–Kier alpha value is -0.940. The Kier molecular flexibility index (Phi) is 5.54. The quantitative estimate of drug-likeness (QED) is 0.882. The van der Waals surface area contributed by atoms with Crippen LogP contribution < -0.4 is 11.1 Å². The first-order valence-corrected chi connectivity index (χ1v) is 7.87. The molecule has 1 saturated carbocycles. The van der Waals surface area contributed by atoms with Crippen molar-refractivity contribution in [2.75, 3.05) is 6.54 Å². The largest absolute Gasteiger partial charge is 0.348 e. The van der Waals surface area contributed by atoms with Gasteiger partial charge in [0.25, 0.3) is 5.91 Å². The molecule has 0 radical (unpaired) electrons. The van der Waals surface area contributed by atoms with Gasteiger partial charge in [0.1, 0.15) is 5.82 Å². The summed E-state index contributed by atoms with van der Waals surface area (Å²) in [6.07, 6.45) is 5.93. The van der Waals surface area contributed by atoms with E-state index in [-0.39, 0.29) is 17.8 Å². The van der Waals surface area contributed by atoms with Crippen LogP contribution in [0.4, 0.5) is 4.39 Å². The number of nitrogens with two attached hydrogens (primary N) is 1. The Balaban J connectivity index is 2.02. The molecule has 1 aliphatic carbocycles. The van der Waals surface area contributed by atoms with E-state index < -0.39 is 0 Å². The Labute approximate surface area is 127 Å². The summed E-state index contributed by atoms with van der Waals surface area (Å²) in [5.41, 5.74) is 6.25. The molecule has 0 saturated heterocycles. The van der Waals surface area contributed by atoms with Gasteiger partial charge in [-0.25, -0.2) is 4.39 Å². The van der Waals surface area contributed by atoms with Gasteiger partial charge in [-0.1, -0.05) is 19.3 Å². The number of halogens is 2. The van der Waals surface area contributed by atoms with Crippen molar-refractivity contribution in [1.29, 1.82) is 0 Å². The van der Waals surface area contributed by atoms with E-state index in [0.717, 1.165) is 12.8 Å². The van der Waals surface area contributed by atoms with E-state index in [1.54, 1.807) is 0 Å². The van der Waals surface area contributed by atoms with Crippen molar-refractivity contribution in [3.63, 3.8) is 0 Å². The fourth-order valence-corrected chi connectivity index (χ4v) is 3.17.